The zero-order valence-electron chi connectivity index (χ0n) is 15.1. The second kappa shape index (κ2) is 6.99. The lowest BCUT2D eigenvalue weighted by Gasteiger charge is -2.16. The largest absolute Gasteiger partial charge is 0.431 e. The minimum absolute atomic E-state index is 0.0399. The van der Waals surface area contributed by atoms with Crippen molar-refractivity contribution in [2.75, 3.05) is 0 Å². The van der Waals surface area contributed by atoms with E-state index in [4.69, 9.17) is 16.4 Å². The van der Waals surface area contributed by atoms with Gasteiger partial charge in [0, 0.05) is 18.7 Å². The van der Waals surface area contributed by atoms with Gasteiger partial charge in [-0.15, -0.1) is 5.48 Å². The molecule has 0 saturated carbocycles. The van der Waals surface area contributed by atoms with Gasteiger partial charge in [0.05, 0.1) is 11.1 Å². The molecule has 1 aliphatic heterocycles. The van der Waals surface area contributed by atoms with E-state index in [2.05, 4.69) is 5.48 Å². The predicted molar refractivity (Wildman–Crippen MR) is 99.3 cm³/mol. The van der Waals surface area contributed by atoms with Crippen molar-refractivity contribution in [3.05, 3.63) is 91.0 Å². The molecule has 1 aliphatic rings. The first-order valence-electron chi connectivity index (χ1n) is 8.51. The maximum atomic E-state index is 14.8. The number of rotatable bonds is 2. The van der Waals surface area contributed by atoms with Crippen molar-refractivity contribution in [1.82, 2.24) is 14.6 Å². The Hall–Kier alpha value is -3.11. The number of halogens is 5. The fraction of sp³-hybridized carbons (Fsp3) is 0.158. The first-order chi connectivity index (χ1) is 14.1. The van der Waals surface area contributed by atoms with E-state index in [1.807, 2.05) is 0 Å². The molecule has 3 aromatic rings. The molecule has 0 bridgehead atoms. The Morgan fingerprint density at radius 3 is 2.43 bits per heavy atom. The van der Waals surface area contributed by atoms with Crippen LogP contribution in [0.4, 0.5) is 17.6 Å². The van der Waals surface area contributed by atoms with Gasteiger partial charge in [0.15, 0.2) is 11.6 Å². The van der Waals surface area contributed by atoms with E-state index in [1.54, 1.807) is 30.3 Å². The highest BCUT2D eigenvalue weighted by atomic mass is 35.5. The van der Waals surface area contributed by atoms with Crippen LogP contribution in [-0.4, -0.2) is 9.13 Å². The summed E-state index contributed by atoms with van der Waals surface area (Å²) in [5, 5.41) is -0.0399. The Morgan fingerprint density at radius 1 is 1.13 bits per heavy atom. The molecule has 156 valence electrons. The van der Waals surface area contributed by atoms with E-state index < -0.39 is 40.7 Å². The van der Waals surface area contributed by atoms with Gasteiger partial charge in [-0.2, -0.15) is 13.2 Å². The number of alkyl halides is 3. The summed E-state index contributed by atoms with van der Waals surface area (Å²) in [7, 11) is 0.834. The van der Waals surface area contributed by atoms with Gasteiger partial charge in [0.25, 0.3) is 5.56 Å². The highest BCUT2D eigenvalue weighted by molar-refractivity contribution is 6.31. The lowest BCUT2D eigenvalue weighted by Crippen LogP contribution is -2.41. The van der Waals surface area contributed by atoms with Crippen molar-refractivity contribution in [3.63, 3.8) is 0 Å². The van der Waals surface area contributed by atoms with Crippen LogP contribution in [0.1, 0.15) is 22.9 Å². The Bertz CT molecular complexity index is 1270. The summed E-state index contributed by atoms with van der Waals surface area (Å²) >= 11 is 6.20. The van der Waals surface area contributed by atoms with E-state index in [0.717, 1.165) is 13.1 Å². The third kappa shape index (κ3) is 3.08. The molecular weight excluding hydrogens is 430 g/mol. The molecule has 4 rings (SSSR count). The first-order valence-corrected chi connectivity index (χ1v) is 8.89. The lowest BCUT2D eigenvalue weighted by atomic mass is 9.98. The van der Waals surface area contributed by atoms with Gasteiger partial charge < -0.3 is 4.84 Å². The SMILES string of the molecule is Cn1c(C(F)(F)F)cc(=O)n(-c2c(F)cc(Cl)c3c2ONC3c2ccccc2)c1=O. The van der Waals surface area contributed by atoms with Gasteiger partial charge in [-0.1, -0.05) is 41.9 Å². The van der Waals surface area contributed by atoms with Crippen molar-refractivity contribution in [3.8, 4) is 11.4 Å². The molecular formula is C19H12ClF4N3O3. The summed E-state index contributed by atoms with van der Waals surface area (Å²) in [6, 6.07) is 9.24. The van der Waals surface area contributed by atoms with E-state index >= 15 is 0 Å². The molecule has 2 heterocycles. The van der Waals surface area contributed by atoms with Crippen LogP contribution in [0.5, 0.6) is 5.75 Å². The highest BCUT2D eigenvalue weighted by Crippen LogP contribution is 2.44. The smallest absolute Gasteiger partial charge is 0.405 e. The molecule has 0 radical (unpaired) electrons. The summed E-state index contributed by atoms with van der Waals surface area (Å²) in [6.45, 7) is 0. The van der Waals surface area contributed by atoms with E-state index in [0.29, 0.717) is 5.56 Å². The van der Waals surface area contributed by atoms with Crippen LogP contribution >= 0.6 is 11.6 Å². The Kier molecular flexibility index (Phi) is 4.70. The maximum Gasteiger partial charge on any atom is 0.431 e. The fourth-order valence-electron chi connectivity index (χ4n) is 3.34. The van der Waals surface area contributed by atoms with Gasteiger partial charge >= 0.3 is 11.9 Å². The number of benzene rings is 2. The molecule has 1 aromatic heterocycles. The molecule has 0 saturated heterocycles. The topological polar surface area (TPSA) is 65.3 Å². The van der Waals surface area contributed by atoms with Gasteiger partial charge in [-0.3, -0.25) is 9.36 Å². The molecule has 0 fully saturated rings. The van der Waals surface area contributed by atoms with E-state index in [9.17, 15) is 27.2 Å². The molecule has 1 N–H and O–H groups in total. The molecule has 0 amide bonds. The van der Waals surface area contributed by atoms with Crippen molar-refractivity contribution >= 4 is 11.6 Å². The Morgan fingerprint density at radius 2 is 1.80 bits per heavy atom. The Labute approximate surface area is 170 Å². The number of nitrogens with zero attached hydrogens (tertiary/aromatic N) is 2. The zero-order chi connectivity index (χ0) is 21.8. The summed E-state index contributed by atoms with van der Waals surface area (Å²) in [4.78, 5) is 30.4. The zero-order valence-corrected chi connectivity index (χ0v) is 15.9. The van der Waals surface area contributed by atoms with Crippen molar-refractivity contribution in [1.29, 1.82) is 0 Å². The van der Waals surface area contributed by atoms with Crippen LogP contribution in [-0.2, 0) is 13.2 Å². The average Bonchev–Trinajstić information content (AvgIpc) is 3.12. The minimum Gasteiger partial charge on any atom is -0.405 e. The highest BCUT2D eigenvalue weighted by Gasteiger charge is 2.37. The van der Waals surface area contributed by atoms with E-state index in [1.165, 1.54) is 0 Å². The van der Waals surface area contributed by atoms with Gasteiger partial charge in [0.1, 0.15) is 11.4 Å². The number of fused-ring (bicyclic) bond motifs is 1. The van der Waals surface area contributed by atoms with Crippen LogP contribution in [0.2, 0.25) is 5.02 Å². The van der Waals surface area contributed by atoms with E-state index in [-0.39, 0.29) is 31.5 Å². The average molecular weight is 442 g/mol. The van der Waals surface area contributed by atoms with Crippen LogP contribution in [0.3, 0.4) is 0 Å². The molecule has 11 heteroatoms. The third-order valence-electron chi connectivity index (χ3n) is 4.73. The molecule has 2 aromatic carbocycles. The van der Waals surface area contributed by atoms with Crippen molar-refractivity contribution < 1.29 is 22.4 Å². The lowest BCUT2D eigenvalue weighted by molar-refractivity contribution is -0.144. The van der Waals surface area contributed by atoms with Crippen molar-refractivity contribution in [2.24, 2.45) is 7.05 Å². The first kappa shape index (κ1) is 20.2. The standard InChI is InChI=1S/C19H12ClF4N3O3/c1-26-12(19(22,23)24)8-13(28)27(18(26)29)16-11(21)7-10(20)14-15(25-30-17(14)16)9-5-3-2-4-6-9/h2-8,15,25H,1H3. The molecule has 1 atom stereocenters. The molecule has 30 heavy (non-hydrogen) atoms. The summed E-state index contributed by atoms with van der Waals surface area (Å²) in [5.74, 6) is -1.36. The Balaban J connectivity index is 2.00. The number of hydroxylamine groups is 1. The van der Waals surface area contributed by atoms with Crippen LogP contribution < -0.4 is 21.6 Å². The van der Waals surface area contributed by atoms with Crippen molar-refractivity contribution in [2.45, 2.75) is 12.2 Å². The molecule has 0 spiro atoms. The minimum atomic E-state index is -4.94. The van der Waals surface area contributed by atoms with Crippen LogP contribution in [0.25, 0.3) is 5.69 Å². The fourth-order valence-corrected chi connectivity index (χ4v) is 3.63. The summed E-state index contributed by atoms with van der Waals surface area (Å²) < 4.78 is 54.6. The molecule has 6 nitrogen and oxygen atoms in total. The predicted octanol–water partition coefficient (Wildman–Crippen LogP) is 3.33. The van der Waals surface area contributed by atoms with Crippen LogP contribution in [0.15, 0.2) is 52.1 Å². The second-order valence-corrected chi connectivity index (χ2v) is 6.95. The molecule has 1 unspecified atom stereocenters. The molecule has 0 aliphatic carbocycles. The van der Waals surface area contributed by atoms with Gasteiger partial charge in [0.2, 0.25) is 0 Å². The van der Waals surface area contributed by atoms with Gasteiger partial charge in [-0.25, -0.2) is 13.8 Å². The normalized spacial score (nSPS) is 15.7. The maximum absolute atomic E-state index is 14.8. The quantitative estimate of drug-likeness (QED) is 0.620. The number of aromatic nitrogens is 2. The number of hydrogen-bond acceptors (Lipinski definition) is 4. The monoisotopic (exact) mass is 441 g/mol. The van der Waals surface area contributed by atoms with Crippen LogP contribution in [0, 0.1) is 5.82 Å². The number of hydrogen-bond donors (Lipinski definition) is 1. The third-order valence-corrected chi connectivity index (χ3v) is 5.04. The summed E-state index contributed by atoms with van der Waals surface area (Å²) in [6.07, 6.45) is -4.94. The second-order valence-electron chi connectivity index (χ2n) is 6.54. The number of nitrogens with one attached hydrogen (secondary N) is 1. The van der Waals surface area contributed by atoms with Gasteiger partial charge in [-0.05, 0) is 11.6 Å². The summed E-state index contributed by atoms with van der Waals surface area (Å²) in [5.41, 5.74) is -1.24.